The number of halogens is 5. The highest BCUT2D eigenvalue weighted by Crippen LogP contribution is 2.52. The maximum atomic E-state index is 15.5. The summed E-state index contributed by atoms with van der Waals surface area (Å²) >= 11 is 1.17. The molecule has 0 amide bonds. The first-order valence-corrected chi connectivity index (χ1v) is 14.0. The zero-order valence-corrected chi connectivity index (χ0v) is 23.7. The third-order valence-electron chi connectivity index (χ3n) is 7.41. The number of fused-ring (bicyclic) bond motifs is 1. The molecule has 15 heteroatoms. The van der Waals surface area contributed by atoms with E-state index < -0.39 is 40.8 Å². The van der Waals surface area contributed by atoms with Crippen LogP contribution in [0.25, 0.3) is 22.3 Å². The quantitative estimate of drug-likeness (QED) is 0.169. The average Bonchev–Trinajstić information content (AvgIpc) is 3.51. The number of methoxy groups -OCH3 is 1. The highest BCUT2D eigenvalue weighted by molar-refractivity contribution is 7.13. The molecule has 6 rings (SSSR count). The zero-order valence-electron chi connectivity index (χ0n) is 22.9. The molecule has 0 bridgehead atoms. The van der Waals surface area contributed by atoms with Crippen molar-refractivity contribution in [2.24, 2.45) is 5.41 Å². The number of hydrogen-bond donors (Lipinski definition) is 1. The normalized spacial score (nSPS) is 13.9. The van der Waals surface area contributed by atoms with Crippen molar-refractivity contribution < 1.29 is 41.3 Å². The molecule has 1 N–H and O–H groups in total. The van der Waals surface area contributed by atoms with E-state index in [1.165, 1.54) is 35.1 Å². The Hall–Kier alpha value is -4.66. The van der Waals surface area contributed by atoms with Gasteiger partial charge in [0.15, 0.2) is 10.8 Å². The van der Waals surface area contributed by atoms with Crippen LogP contribution in [0.4, 0.5) is 22.0 Å². The largest absolute Gasteiger partial charge is 0.478 e. The summed E-state index contributed by atoms with van der Waals surface area (Å²) in [6.45, 7) is -0.266. The lowest BCUT2D eigenvalue weighted by Gasteiger charge is -2.18. The van der Waals surface area contributed by atoms with Crippen LogP contribution in [0.2, 0.25) is 0 Å². The Morgan fingerprint density at radius 1 is 1.07 bits per heavy atom. The van der Waals surface area contributed by atoms with E-state index >= 15 is 8.78 Å². The molecule has 1 aliphatic carbocycles. The fourth-order valence-electron chi connectivity index (χ4n) is 4.84. The van der Waals surface area contributed by atoms with Gasteiger partial charge in [-0.25, -0.2) is 36.7 Å². The van der Waals surface area contributed by atoms with Crippen molar-refractivity contribution in [2.45, 2.75) is 38.8 Å². The molecule has 0 saturated heterocycles. The van der Waals surface area contributed by atoms with E-state index in [1.54, 1.807) is 6.07 Å². The summed E-state index contributed by atoms with van der Waals surface area (Å²) in [7, 11) is 1.46. The molecule has 0 atom stereocenters. The van der Waals surface area contributed by atoms with Gasteiger partial charge < -0.3 is 19.1 Å². The predicted octanol–water partition coefficient (Wildman–Crippen LogP) is 6.29. The van der Waals surface area contributed by atoms with Crippen LogP contribution in [0.5, 0.6) is 11.1 Å². The standard InChI is InChI=1S/C29H22F5N5O4S/c1-42-28-38-37-24(44-28)12-43-23-4-2-3-20(35-23)16-11-17(30)14(7-18(16)31)10-22-36-25-19(32)8-15(26(40)41)9-21(25)39(22)13-29(5-6-29)27(33)34/h2-4,7-9,11,27H,5-6,10,12-13H2,1H3,(H,40,41). The van der Waals surface area contributed by atoms with Gasteiger partial charge in [0.05, 0.1) is 23.9 Å². The summed E-state index contributed by atoms with van der Waals surface area (Å²) in [6, 6.07) is 8.37. The summed E-state index contributed by atoms with van der Waals surface area (Å²) < 4.78 is 85.4. The minimum atomic E-state index is -2.69. The van der Waals surface area contributed by atoms with Crippen LogP contribution in [0.15, 0.2) is 42.5 Å². The summed E-state index contributed by atoms with van der Waals surface area (Å²) in [5.74, 6) is -3.93. The summed E-state index contributed by atoms with van der Waals surface area (Å²) in [5.41, 5.74) is -2.30. The van der Waals surface area contributed by atoms with Crippen LogP contribution in [-0.2, 0) is 19.6 Å². The van der Waals surface area contributed by atoms with Gasteiger partial charge in [0.25, 0.3) is 5.19 Å². The van der Waals surface area contributed by atoms with Crippen LogP contribution in [0.3, 0.4) is 0 Å². The first kappa shape index (κ1) is 29.4. The van der Waals surface area contributed by atoms with E-state index in [9.17, 15) is 23.1 Å². The van der Waals surface area contributed by atoms with E-state index in [0.29, 0.717) is 10.2 Å². The van der Waals surface area contributed by atoms with Crippen LogP contribution in [0.1, 0.15) is 39.6 Å². The number of aromatic nitrogens is 5. The van der Waals surface area contributed by atoms with E-state index in [0.717, 1.165) is 24.3 Å². The number of imidazole rings is 1. The highest BCUT2D eigenvalue weighted by atomic mass is 32.1. The van der Waals surface area contributed by atoms with Gasteiger partial charge in [-0.15, -0.1) is 5.10 Å². The Balaban J connectivity index is 1.31. The van der Waals surface area contributed by atoms with Gasteiger partial charge in [-0.05, 0) is 48.7 Å². The summed E-state index contributed by atoms with van der Waals surface area (Å²) in [4.78, 5) is 20.0. The number of hydrogen-bond acceptors (Lipinski definition) is 8. The van der Waals surface area contributed by atoms with Crippen molar-refractivity contribution in [2.75, 3.05) is 7.11 Å². The first-order valence-electron chi connectivity index (χ1n) is 13.2. The molecule has 5 aromatic rings. The van der Waals surface area contributed by atoms with E-state index in [4.69, 9.17) is 9.47 Å². The Bertz CT molecular complexity index is 1890. The van der Waals surface area contributed by atoms with Gasteiger partial charge in [0, 0.05) is 30.0 Å². The molecule has 3 aromatic heterocycles. The Kier molecular flexibility index (Phi) is 7.65. The maximum Gasteiger partial charge on any atom is 0.335 e. The highest BCUT2D eigenvalue weighted by Gasteiger charge is 2.51. The zero-order chi connectivity index (χ0) is 31.2. The summed E-state index contributed by atoms with van der Waals surface area (Å²) in [5, 5.41) is 18.0. The van der Waals surface area contributed by atoms with Gasteiger partial charge in [0.2, 0.25) is 12.3 Å². The van der Waals surface area contributed by atoms with E-state index in [1.807, 2.05) is 0 Å². The number of aromatic carboxylic acids is 1. The topological polar surface area (TPSA) is 112 Å². The van der Waals surface area contributed by atoms with Crippen molar-refractivity contribution in [3.8, 4) is 22.3 Å². The third kappa shape index (κ3) is 5.66. The number of benzene rings is 2. The van der Waals surface area contributed by atoms with Gasteiger partial charge in [-0.1, -0.05) is 22.5 Å². The Labute approximate surface area is 249 Å². The molecular formula is C29H22F5N5O4S. The smallest absolute Gasteiger partial charge is 0.335 e. The molecule has 3 heterocycles. The molecule has 44 heavy (non-hydrogen) atoms. The number of carboxylic acids is 1. The minimum absolute atomic E-state index is 0.0127. The lowest BCUT2D eigenvalue weighted by Crippen LogP contribution is -2.21. The number of ether oxygens (including phenoxy) is 2. The van der Waals surface area contributed by atoms with Gasteiger partial charge in [-0.3, -0.25) is 0 Å². The fourth-order valence-corrected chi connectivity index (χ4v) is 5.40. The minimum Gasteiger partial charge on any atom is -0.478 e. The Morgan fingerprint density at radius 3 is 2.55 bits per heavy atom. The lowest BCUT2D eigenvalue weighted by atomic mass is 10.0. The number of carboxylic acid groups (broad SMARTS) is 1. The molecule has 1 saturated carbocycles. The van der Waals surface area contributed by atoms with Crippen LogP contribution in [-0.4, -0.2) is 49.3 Å². The van der Waals surface area contributed by atoms with Gasteiger partial charge in [0.1, 0.15) is 29.6 Å². The monoisotopic (exact) mass is 631 g/mol. The van der Waals surface area contributed by atoms with Gasteiger partial charge in [-0.2, -0.15) is 0 Å². The van der Waals surface area contributed by atoms with Crippen molar-refractivity contribution in [3.05, 3.63) is 81.9 Å². The average molecular weight is 632 g/mol. The second-order valence-electron chi connectivity index (χ2n) is 10.3. The number of carbonyl (C=O) groups is 1. The predicted molar refractivity (Wildman–Crippen MR) is 148 cm³/mol. The molecule has 1 fully saturated rings. The maximum absolute atomic E-state index is 15.5. The van der Waals surface area contributed by atoms with Gasteiger partial charge >= 0.3 is 5.97 Å². The second kappa shape index (κ2) is 11.4. The fraction of sp³-hybridized carbons (Fsp3) is 0.276. The third-order valence-corrected chi connectivity index (χ3v) is 8.27. The molecule has 0 radical (unpaired) electrons. The number of alkyl halides is 2. The molecule has 0 spiro atoms. The van der Waals surface area contributed by atoms with Crippen molar-refractivity contribution in [1.29, 1.82) is 0 Å². The molecule has 228 valence electrons. The van der Waals surface area contributed by atoms with Crippen molar-refractivity contribution >= 4 is 28.3 Å². The number of rotatable bonds is 11. The van der Waals surface area contributed by atoms with Crippen molar-refractivity contribution in [1.82, 2.24) is 24.7 Å². The summed E-state index contributed by atoms with van der Waals surface area (Å²) in [6.07, 6.45) is -2.66. The molecule has 9 nitrogen and oxygen atoms in total. The van der Waals surface area contributed by atoms with Crippen molar-refractivity contribution in [3.63, 3.8) is 0 Å². The van der Waals surface area contributed by atoms with Crippen LogP contribution in [0, 0.1) is 22.9 Å². The number of nitrogens with zero attached hydrogens (tertiary/aromatic N) is 5. The number of pyridine rings is 1. The molecule has 1 aliphatic rings. The molecule has 0 aliphatic heterocycles. The van der Waals surface area contributed by atoms with Crippen LogP contribution < -0.4 is 9.47 Å². The molecule has 0 unspecified atom stereocenters. The first-order chi connectivity index (χ1) is 21.1. The van der Waals surface area contributed by atoms with E-state index in [-0.39, 0.29) is 72.0 Å². The SMILES string of the molecule is COc1nnc(COc2cccc(-c3cc(F)c(Cc4nc5c(F)cc(C(=O)O)cc5n4CC4(C(F)F)CC4)cc3F)n2)s1. The molecule has 2 aromatic carbocycles. The van der Waals surface area contributed by atoms with Crippen LogP contribution >= 0.6 is 11.3 Å². The molecular weight excluding hydrogens is 609 g/mol. The second-order valence-corrected chi connectivity index (χ2v) is 11.3. The lowest BCUT2D eigenvalue weighted by molar-refractivity contribution is 0.0514. The van der Waals surface area contributed by atoms with E-state index in [2.05, 4.69) is 20.2 Å². The Morgan fingerprint density at radius 2 is 1.86 bits per heavy atom.